The molecule has 2 amide bonds. The maximum Gasteiger partial charge on any atom is 0.471 e. The molecule has 198 valence electrons. The van der Waals surface area contributed by atoms with Crippen LogP contribution in [0.25, 0.3) is 22.5 Å². The Labute approximate surface area is 217 Å². The predicted molar refractivity (Wildman–Crippen MR) is 132 cm³/mol. The van der Waals surface area contributed by atoms with Gasteiger partial charge in [-0.1, -0.05) is 36.4 Å². The van der Waals surface area contributed by atoms with Gasteiger partial charge in [0.15, 0.2) is 0 Å². The second-order valence-electron chi connectivity index (χ2n) is 9.04. The topological polar surface area (TPSA) is 111 Å². The molecule has 4 rings (SSSR count). The Morgan fingerprint density at radius 2 is 1.87 bits per heavy atom. The Kier molecular flexibility index (Phi) is 8.12. The lowest BCUT2D eigenvalue weighted by molar-refractivity contribution is -0.190. The Hall–Kier alpha value is -4.17. The second kappa shape index (κ2) is 11.5. The SMILES string of the molecule is C[C@H](C#N)NC(=O)c1cccc(-c2cc(-c3ccc(CN(C(=O)C(F)(F)F)C4CCOCC4)cc3)[nH]n2)c1. The largest absolute Gasteiger partial charge is 0.471 e. The molecule has 0 spiro atoms. The van der Waals surface area contributed by atoms with E-state index in [0.29, 0.717) is 54.1 Å². The van der Waals surface area contributed by atoms with Crippen LogP contribution < -0.4 is 5.32 Å². The zero-order valence-corrected chi connectivity index (χ0v) is 20.6. The van der Waals surface area contributed by atoms with E-state index in [2.05, 4.69) is 15.5 Å². The van der Waals surface area contributed by atoms with Crippen molar-refractivity contribution in [2.24, 2.45) is 0 Å². The molecule has 38 heavy (non-hydrogen) atoms. The minimum Gasteiger partial charge on any atom is -0.381 e. The van der Waals surface area contributed by atoms with E-state index in [-0.39, 0.29) is 12.5 Å². The molecule has 2 heterocycles. The summed E-state index contributed by atoms with van der Waals surface area (Å²) in [6.07, 6.45) is -4.23. The van der Waals surface area contributed by atoms with Crippen LogP contribution in [-0.2, 0) is 16.1 Å². The van der Waals surface area contributed by atoms with E-state index in [1.165, 1.54) is 0 Å². The maximum absolute atomic E-state index is 13.3. The number of amides is 2. The van der Waals surface area contributed by atoms with Crippen LogP contribution in [0.5, 0.6) is 0 Å². The zero-order valence-electron chi connectivity index (χ0n) is 20.6. The number of ether oxygens (including phenoxy) is 1. The van der Waals surface area contributed by atoms with Crippen molar-refractivity contribution in [1.82, 2.24) is 20.4 Å². The highest BCUT2D eigenvalue weighted by Gasteiger charge is 2.44. The van der Waals surface area contributed by atoms with Crippen molar-refractivity contribution in [2.45, 2.75) is 44.6 Å². The number of nitriles is 1. The summed E-state index contributed by atoms with van der Waals surface area (Å²) in [6.45, 7) is 2.07. The number of aromatic nitrogens is 2. The van der Waals surface area contributed by atoms with Gasteiger partial charge >= 0.3 is 12.1 Å². The number of hydrogen-bond acceptors (Lipinski definition) is 5. The van der Waals surface area contributed by atoms with E-state index in [1.54, 1.807) is 61.5 Å². The van der Waals surface area contributed by atoms with Crippen molar-refractivity contribution < 1.29 is 27.5 Å². The van der Waals surface area contributed by atoms with Gasteiger partial charge in [0.1, 0.15) is 6.04 Å². The first kappa shape index (κ1) is 26.9. The smallest absolute Gasteiger partial charge is 0.381 e. The summed E-state index contributed by atoms with van der Waals surface area (Å²) in [5, 5.41) is 18.8. The van der Waals surface area contributed by atoms with Crippen molar-refractivity contribution in [1.29, 1.82) is 5.26 Å². The number of aromatic amines is 1. The average molecular weight is 526 g/mol. The van der Waals surface area contributed by atoms with Gasteiger partial charge in [-0.25, -0.2) is 0 Å². The molecule has 2 N–H and O–H groups in total. The third-order valence-corrected chi connectivity index (χ3v) is 6.29. The summed E-state index contributed by atoms with van der Waals surface area (Å²) >= 11 is 0. The van der Waals surface area contributed by atoms with Crippen LogP contribution in [0.3, 0.4) is 0 Å². The fourth-order valence-electron chi connectivity index (χ4n) is 4.26. The van der Waals surface area contributed by atoms with Crippen LogP contribution in [0.4, 0.5) is 13.2 Å². The summed E-state index contributed by atoms with van der Waals surface area (Å²) in [6, 6.07) is 16.3. The van der Waals surface area contributed by atoms with Gasteiger partial charge in [-0.05, 0) is 49.1 Å². The lowest BCUT2D eigenvalue weighted by atomic mass is 10.0. The first-order chi connectivity index (χ1) is 18.2. The monoisotopic (exact) mass is 525 g/mol. The molecule has 0 radical (unpaired) electrons. The molecular weight excluding hydrogens is 499 g/mol. The van der Waals surface area contributed by atoms with E-state index in [4.69, 9.17) is 10.00 Å². The first-order valence-corrected chi connectivity index (χ1v) is 12.1. The molecule has 0 saturated carbocycles. The molecular formula is C27H26F3N5O3. The molecule has 0 bridgehead atoms. The quantitative estimate of drug-likeness (QED) is 0.473. The number of alkyl halides is 3. The molecule has 1 atom stereocenters. The van der Waals surface area contributed by atoms with E-state index in [9.17, 15) is 22.8 Å². The standard InChI is InChI=1S/C27H26F3N5O3/c1-17(15-31)32-25(36)21-4-2-3-20(13-21)24-14-23(33-34-24)19-7-5-18(6-8-19)16-35(26(37)27(28,29)30)22-9-11-38-12-10-22/h2-8,13-14,17,22H,9-12,16H2,1H3,(H,32,36)(H,33,34)/t17-/m1/s1. The van der Waals surface area contributed by atoms with Crippen molar-refractivity contribution in [2.75, 3.05) is 13.2 Å². The van der Waals surface area contributed by atoms with Gasteiger partial charge in [0.2, 0.25) is 0 Å². The third kappa shape index (κ3) is 6.39. The number of H-pyrrole nitrogens is 1. The maximum atomic E-state index is 13.3. The third-order valence-electron chi connectivity index (χ3n) is 6.29. The van der Waals surface area contributed by atoms with E-state index < -0.39 is 24.2 Å². The number of nitrogens with one attached hydrogen (secondary N) is 2. The molecule has 11 heteroatoms. The Bertz CT molecular complexity index is 1320. The minimum absolute atomic E-state index is 0.156. The van der Waals surface area contributed by atoms with Crippen molar-refractivity contribution in [3.8, 4) is 28.6 Å². The molecule has 2 aromatic carbocycles. The highest BCUT2D eigenvalue weighted by atomic mass is 19.4. The van der Waals surface area contributed by atoms with Crippen LogP contribution in [0.1, 0.15) is 35.7 Å². The lowest BCUT2D eigenvalue weighted by Gasteiger charge is -2.34. The molecule has 1 aliphatic heterocycles. The van der Waals surface area contributed by atoms with Gasteiger partial charge in [0.25, 0.3) is 5.91 Å². The van der Waals surface area contributed by atoms with E-state index >= 15 is 0 Å². The minimum atomic E-state index is -4.95. The number of carbonyl (C=O) groups excluding carboxylic acids is 2. The van der Waals surface area contributed by atoms with Crippen LogP contribution in [0, 0.1) is 11.3 Å². The molecule has 1 aliphatic rings. The molecule has 0 unspecified atom stereocenters. The molecule has 1 aromatic heterocycles. The Balaban J connectivity index is 1.49. The molecule has 1 saturated heterocycles. The van der Waals surface area contributed by atoms with Gasteiger partial charge in [0.05, 0.1) is 17.5 Å². The van der Waals surface area contributed by atoms with Gasteiger partial charge in [-0.3, -0.25) is 14.7 Å². The van der Waals surface area contributed by atoms with Crippen LogP contribution in [-0.4, -0.2) is 58.4 Å². The summed E-state index contributed by atoms with van der Waals surface area (Å²) in [5.41, 5.74) is 3.67. The lowest BCUT2D eigenvalue weighted by Crippen LogP contribution is -2.48. The number of carbonyl (C=O) groups is 2. The molecule has 1 fully saturated rings. The molecule has 3 aromatic rings. The number of halogens is 3. The normalized spacial score (nSPS) is 14.9. The predicted octanol–water partition coefficient (Wildman–Crippen LogP) is 4.46. The fraction of sp³-hybridized carbons (Fsp3) is 0.333. The average Bonchev–Trinajstić information content (AvgIpc) is 3.42. The highest BCUT2D eigenvalue weighted by Crippen LogP contribution is 2.28. The second-order valence-corrected chi connectivity index (χ2v) is 9.04. The number of benzene rings is 2. The van der Waals surface area contributed by atoms with Crippen molar-refractivity contribution in [3.05, 3.63) is 65.7 Å². The highest BCUT2D eigenvalue weighted by molar-refractivity contribution is 5.95. The summed E-state index contributed by atoms with van der Waals surface area (Å²) in [5.74, 6) is -2.21. The van der Waals surface area contributed by atoms with Crippen LogP contribution in [0.15, 0.2) is 54.6 Å². The summed E-state index contributed by atoms with van der Waals surface area (Å²) in [4.78, 5) is 25.4. The summed E-state index contributed by atoms with van der Waals surface area (Å²) in [7, 11) is 0. The fourth-order valence-corrected chi connectivity index (χ4v) is 4.26. The van der Waals surface area contributed by atoms with Gasteiger partial charge in [-0.2, -0.15) is 23.5 Å². The Morgan fingerprint density at radius 3 is 2.53 bits per heavy atom. The van der Waals surface area contributed by atoms with Crippen LogP contribution >= 0.6 is 0 Å². The first-order valence-electron chi connectivity index (χ1n) is 12.1. The van der Waals surface area contributed by atoms with Crippen LogP contribution in [0.2, 0.25) is 0 Å². The van der Waals surface area contributed by atoms with Crippen molar-refractivity contribution in [3.63, 3.8) is 0 Å². The van der Waals surface area contributed by atoms with Gasteiger partial charge in [0, 0.05) is 36.9 Å². The number of rotatable bonds is 7. The van der Waals surface area contributed by atoms with E-state index in [1.807, 2.05) is 6.07 Å². The molecule has 0 aliphatic carbocycles. The number of nitrogens with zero attached hydrogens (tertiary/aromatic N) is 3. The zero-order chi connectivity index (χ0) is 27.3. The van der Waals surface area contributed by atoms with Crippen molar-refractivity contribution >= 4 is 11.8 Å². The van der Waals surface area contributed by atoms with E-state index in [0.717, 1.165) is 10.5 Å². The van der Waals surface area contributed by atoms with Gasteiger partial charge in [-0.15, -0.1) is 0 Å². The van der Waals surface area contributed by atoms with Gasteiger partial charge < -0.3 is 15.0 Å². The summed E-state index contributed by atoms with van der Waals surface area (Å²) < 4.78 is 45.0. The number of hydrogen-bond donors (Lipinski definition) is 2. The molecule has 8 nitrogen and oxygen atoms in total. The Morgan fingerprint density at radius 1 is 1.16 bits per heavy atom.